The minimum atomic E-state index is -5.01. The molecular formula is C83H130O17P2. The number of esters is 4. The highest BCUT2D eigenvalue weighted by atomic mass is 31.2. The van der Waals surface area contributed by atoms with E-state index < -0.39 is 97.5 Å². The van der Waals surface area contributed by atoms with Gasteiger partial charge in [0.25, 0.3) is 0 Å². The van der Waals surface area contributed by atoms with Crippen molar-refractivity contribution in [3.05, 3.63) is 194 Å². The topological polar surface area (TPSA) is 237 Å². The summed E-state index contributed by atoms with van der Waals surface area (Å²) in [5.41, 5.74) is 0. The van der Waals surface area contributed by atoms with E-state index in [1.165, 1.54) is 0 Å². The van der Waals surface area contributed by atoms with Gasteiger partial charge in [-0.25, -0.2) is 9.13 Å². The zero-order valence-electron chi connectivity index (χ0n) is 62.4. The molecule has 0 rings (SSSR count). The highest BCUT2D eigenvalue weighted by molar-refractivity contribution is 7.47. The van der Waals surface area contributed by atoms with Crippen LogP contribution in [0.1, 0.15) is 246 Å². The van der Waals surface area contributed by atoms with Crippen molar-refractivity contribution >= 4 is 39.5 Å². The fourth-order valence-electron chi connectivity index (χ4n) is 9.00. The van der Waals surface area contributed by atoms with E-state index in [1.807, 2.05) is 30.4 Å². The fraction of sp³-hybridized carbons (Fsp3) is 0.566. The molecule has 0 aromatic heterocycles. The van der Waals surface area contributed by atoms with Crippen molar-refractivity contribution in [3.8, 4) is 0 Å². The molecule has 0 spiro atoms. The zero-order chi connectivity index (χ0) is 74.6. The first-order chi connectivity index (χ1) is 49.7. The Bertz CT molecular complexity index is 2700. The number of aliphatic hydroxyl groups is 1. The Morgan fingerprint density at radius 1 is 0.284 bits per heavy atom. The van der Waals surface area contributed by atoms with Crippen LogP contribution in [0.4, 0.5) is 0 Å². The van der Waals surface area contributed by atoms with Crippen LogP contribution in [-0.4, -0.2) is 96.7 Å². The monoisotopic (exact) mass is 1460 g/mol. The number of unbranched alkanes of at least 4 members (excludes halogenated alkanes) is 11. The van der Waals surface area contributed by atoms with E-state index in [-0.39, 0.29) is 25.7 Å². The summed E-state index contributed by atoms with van der Waals surface area (Å²) in [6.07, 6.45) is 88.9. The van der Waals surface area contributed by atoms with Gasteiger partial charge >= 0.3 is 39.5 Å². The molecule has 0 fully saturated rings. The molecule has 0 bridgehead atoms. The lowest BCUT2D eigenvalue weighted by molar-refractivity contribution is -0.161. The van der Waals surface area contributed by atoms with E-state index in [9.17, 15) is 43.2 Å². The predicted molar refractivity (Wildman–Crippen MR) is 417 cm³/mol. The molecule has 0 saturated carbocycles. The molecule has 3 N–H and O–H groups in total. The van der Waals surface area contributed by atoms with Crippen molar-refractivity contribution < 1.29 is 80.2 Å². The predicted octanol–water partition coefficient (Wildman–Crippen LogP) is 21.8. The highest BCUT2D eigenvalue weighted by Gasteiger charge is 2.30. The summed E-state index contributed by atoms with van der Waals surface area (Å²) >= 11 is 0. The molecule has 0 radical (unpaired) electrons. The molecule has 0 saturated heterocycles. The number of allylic oxidation sites excluding steroid dienone is 31. The molecule has 0 aliphatic rings. The second-order valence-corrected chi connectivity index (χ2v) is 27.0. The molecular weight excluding hydrogens is 1330 g/mol. The number of aliphatic hydroxyl groups excluding tert-OH is 1. The van der Waals surface area contributed by atoms with Crippen LogP contribution in [-0.2, 0) is 65.4 Å². The van der Waals surface area contributed by atoms with Gasteiger partial charge in [-0.2, -0.15) is 0 Å². The number of carbonyl (C=O) groups excluding carboxylic acids is 4. The van der Waals surface area contributed by atoms with Crippen LogP contribution in [0, 0.1) is 0 Å². The van der Waals surface area contributed by atoms with Gasteiger partial charge in [-0.05, 0) is 154 Å². The van der Waals surface area contributed by atoms with Gasteiger partial charge in [0.15, 0.2) is 12.2 Å². The number of phosphoric ester groups is 2. The first kappa shape index (κ1) is 95.9. The maximum absolute atomic E-state index is 13.1. The Kier molecular flexibility index (Phi) is 68.8. The SMILES string of the molecule is CC/C=C\C/C=C\C/C=C\C/C=C\C/C=C\CCCC(=O)OCC(COP(=O)(O)OCC(O)COP(=O)(O)OCC(COC(=O)C/C=C\C/C=C\C/C=C\C/C=C\C/C=C\CC)OC(=O)CCCCCCC/C=C\C/C=C\C/C=C\CC)OC(=O)CCCCCCC/C=C\C/C=C\C/C=C\CC. The normalized spacial score (nSPS) is 15.0. The Hall–Kier alpha value is -6.10. The third-order valence-electron chi connectivity index (χ3n) is 14.6. The zero-order valence-corrected chi connectivity index (χ0v) is 64.2. The maximum atomic E-state index is 13.1. The molecule has 19 heteroatoms. The van der Waals surface area contributed by atoms with Crippen LogP contribution in [0.15, 0.2) is 194 Å². The summed E-state index contributed by atoms with van der Waals surface area (Å²) in [5.74, 6) is -2.45. The highest BCUT2D eigenvalue weighted by Crippen LogP contribution is 2.45. The number of hydrogen-bond acceptors (Lipinski definition) is 15. The van der Waals surface area contributed by atoms with Crippen LogP contribution < -0.4 is 0 Å². The third-order valence-corrected chi connectivity index (χ3v) is 16.5. The standard InChI is InChI=1S/C83H130O17P2/c1-5-9-13-17-21-25-29-33-37-38-42-44-48-52-56-60-64-68-81(86)94-74-79(100-83(88)70-66-62-58-54-50-46-41-36-32-28-24-20-16-12-8-4)76-98-102(91,92)96-72-77(84)71-95-101(89,90)97-75-78(99-82(87)69-65-61-57-53-49-45-40-35-31-27-23-19-15-11-7-3)73-93-80(85)67-63-59-55-51-47-43-39-34-30-26-22-18-14-10-6-2/h9-16,21-28,33-37,39-42,44,47,51-52,56,59,63,77-79,84H,5-8,17-20,29-32,38,43,45-46,48-50,53-55,57-58,60-62,64-76H2,1-4H3,(H,89,90)(H,91,92)/b13-9-,14-10-,15-11-,16-12-,25-21-,26-22-,27-23-,28-24-,37-33-,39-34-,40-35-,41-36-,44-42-,51-47-,56-52-,63-59-. The largest absolute Gasteiger partial charge is 0.472 e. The summed E-state index contributed by atoms with van der Waals surface area (Å²) in [6.45, 7) is 4.15. The third kappa shape index (κ3) is 72.3. The molecule has 0 aromatic carbocycles. The van der Waals surface area contributed by atoms with Gasteiger partial charge in [-0.1, -0.05) is 261 Å². The average molecular weight is 1460 g/mol. The Morgan fingerprint density at radius 3 is 0.853 bits per heavy atom. The van der Waals surface area contributed by atoms with E-state index >= 15 is 0 Å². The van der Waals surface area contributed by atoms with Crippen LogP contribution in [0.25, 0.3) is 0 Å². The fourth-order valence-corrected chi connectivity index (χ4v) is 10.6. The van der Waals surface area contributed by atoms with E-state index in [1.54, 1.807) is 6.08 Å². The summed E-state index contributed by atoms with van der Waals surface area (Å²) in [7, 11) is -10.0. The molecule has 0 aromatic rings. The van der Waals surface area contributed by atoms with Crippen molar-refractivity contribution in [1.82, 2.24) is 0 Å². The van der Waals surface area contributed by atoms with E-state index in [0.717, 1.165) is 161 Å². The summed E-state index contributed by atoms with van der Waals surface area (Å²) < 4.78 is 68.3. The van der Waals surface area contributed by atoms with Crippen LogP contribution >= 0.6 is 15.6 Å². The van der Waals surface area contributed by atoms with Gasteiger partial charge in [-0.3, -0.25) is 37.3 Å². The lowest BCUT2D eigenvalue weighted by Gasteiger charge is -2.21. The van der Waals surface area contributed by atoms with Crippen molar-refractivity contribution in [2.75, 3.05) is 39.6 Å². The molecule has 0 heterocycles. The van der Waals surface area contributed by atoms with Gasteiger partial charge in [0.2, 0.25) is 0 Å². The average Bonchev–Trinajstić information content (AvgIpc) is 0.923. The van der Waals surface area contributed by atoms with Gasteiger partial charge in [0.1, 0.15) is 19.3 Å². The minimum Gasteiger partial charge on any atom is -0.462 e. The first-order valence-corrected chi connectivity index (χ1v) is 40.7. The van der Waals surface area contributed by atoms with Gasteiger partial charge in [-0.15, -0.1) is 0 Å². The number of ether oxygens (including phenoxy) is 4. The minimum absolute atomic E-state index is 0.0465. The van der Waals surface area contributed by atoms with Gasteiger partial charge in [0.05, 0.1) is 32.8 Å². The Labute approximate surface area is 615 Å². The number of rotatable bonds is 68. The van der Waals surface area contributed by atoms with Crippen LogP contribution in [0.2, 0.25) is 0 Å². The summed E-state index contributed by atoms with van der Waals surface area (Å²) in [4.78, 5) is 72.8. The van der Waals surface area contributed by atoms with Gasteiger partial charge in [0, 0.05) is 19.3 Å². The first-order valence-electron chi connectivity index (χ1n) is 37.7. The second-order valence-electron chi connectivity index (χ2n) is 24.1. The molecule has 17 nitrogen and oxygen atoms in total. The van der Waals surface area contributed by atoms with Crippen molar-refractivity contribution in [3.63, 3.8) is 0 Å². The molecule has 0 aliphatic heterocycles. The molecule has 102 heavy (non-hydrogen) atoms. The maximum Gasteiger partial charge on any atom is 0.472 e. The van der Waals surface area contributed by atoms with Crippen molar-refractivity contribution in [1.29, 1.82) is 0 Å². The molecule has 5 atom stereocenters. The van der Waals surface area contributed by atoms with Gasteiger partial charge < -0.3 is 33.8 Å². The number of hydrogen-bond donors (Lipinski definition) is 3. The number of phosphoric acid groups is 2. The Balaban J connectivity index is 5.53. The summed E-state index contributed by atoms with van der Waals surface area (Å²) in [6, 6.07) is 0. The van der Waals surface area contributed by atoms with Crippen LogP contribution in [0.5, 0.6) is 0 Å². The lowest BCUT2D eigenvalue weighted by atomic mass is 10.1. The number of carbonyl (C=O) groups is 4. The molecule has 5 unspecified atom stereocenters. The molecule has 0 aliphatic carbocycles. The van der Waals surface area contributed by atoms with E-state index in [4.69, 9.17) is 37.0 Å². The molecule has 0 amide bonds. The summed E-state index contributed by atoms with van der Waals surface area (Å²) in [5, 5.41) is 10.6. The van der Waals surface area contributed by atoms with Crippen molar-refractivity contribution in [2.45, 2.75) is 264 Å². The quantitative estimate of drug-likeness (QED) is 0.0169. The Morgan fingerprint density at radius 2 is 0.529 bits per heavy atom. The second kappa shape index (κ2) is 73.2. The van der Waals surface area contributed by atoms with E-state index in [2.05, 4.69) is 186 Å². The van der Waals surface area contributed by atoms with Crippen LogP contribution in [0.3, 0.4) is 0 Å². The smallest absolute Gasteiger partial charge is 0.462 e. The lowest BCUT2D eigenvalue weighted by Crippen LogP contribution is -2.30. The van der Waals surface area contributed by atoms with E-state index in [0.29, 0.717) is 32.1 Å². The molecule has 574 valence electrons. The van der Waals surface area contributed by atoms with Crippen molar-refractivity contribution in [2.24, 2.45) is 0 Å².